The van der Waals surface area contributed by atoms with Crippen LogP contribution in [0.1, 0.15) is 32.3 Å². The molecular weight excluding hydrogens is 540 g/mol. The Kier molecular flexibility index (Phi) is 8.30. The van der Waals surface area contributed by atoms with Gasteiger partial charge in [0.1, 0.15) is 11.5 Å². The van der Waals surface area contributed by atoms with Gasteiger partial charge in [0.05, 0.1) is 25.6 Å². The van der Waals surface area contributed by atoms with Crippen LogP contribution in [0, 0.1) is 11.8 Å². The van der Waals surface area contributed by atoms with Crippen molar-refractivity contribution in [2.75, 3.05) is 50.6 Å². The summed E-state index contributed by atoms with van der Waals surface area (Å²) >= 11 is 3.43. The lowest BCUT2D eigenvalue weighted by Gasteiger charge is -2.43. The maximum absolute atomic E-state index is 13.7. The van der Waals surface area contributed by atoms with Crippen molar-refractivity contribution in [2.45, 2.75) is 32.4 Å². The molecular formula is C27H35BrN4O5. The van der Waals surface area contributed by atoms with Crippen LogP contribution in [-0.2, 0) is 10.5 Å². The Morgan fingerprint density at radius 1 is 1.16 bits per heavy atom. The maximum Gasteiger partial charge on any atom is 0.329 e. The van der Waals surface area contributed by atoms with Crippen molar-refractivity contribution in [2.24, 2.45) is 11.8 Å². The molecule has 9 nitrogen and oxygen atoms in total. The number of urea groups is 1. The van der Waals surface area contributed by atoms with E-state index in [1.165, 1.54) is 20.6 Å². The first-order valence-electron chi connectivity index (χ1n) is 12.5. The van der Waals surface area contributed by atoms with Gasteiger partial charge < -0.3 is 30.1 Å². The molecule has 2 heterocycles. The number of carbonyl (C=O) groups is 2. The van der Waals surface area contributed by atoms with Crippen molar-refractivity contribution in [3.8, 4) is 11.5 Å². The quantitative estimate of drug-likeness (QED) is 0.409. The molecule has 0 unspecified atom stereocenters. The summed E-state index contributed by atoms with van der Waals surface area (Å²) in [6, 6.07) is 9.18. The lowest BCUT2D eigenvalue weighted by molar-refractivity contribution is -0.140. The minimum Gasteiger partial charge on any atom is -0.497 e. The van der Waals surface area contributed by atoms with E-state index in [1.807, 2.05) is 0 Å². The van der Waals surface area contributed by atoms with E-state index in [0.717, 1.165) is 31.0 Å². The Balaban J connectivity index is 1.62. The number of benzene rings is 2. The number of likely N-dealkylation sites (tertiary alicyclic amines) is 1. The van der Waals surface area contributed by atoms with Gasteiger partial charge >= 0.3 is 6.03 Å². The summed E-state index contributed by atoms with van der Waals surface area (Å²) in [6.07, 6.45) is 1.96. The van der Waals surface area contributed by atoms with Gasteiger partial charge in [0, 0.05) is 35.7 Å². The fourth-order valence-electron chi connectivity index (χ4n) is 5.43. The molecule has 3 N–H and O–H groups in total. The van der Waals surface area contributed by atoms with Gasteiger partial charge in [-0.2, -0.15) is 0 Å². The highest BCUT2D eigenvalue weighted by atomic mass is 79.9. The van der Waals surface area contributed by atoms with Crippen LogP contribution in [0.2, 0.25) is 0 Å². The van der Waals surface area contributed by atoms with Crippen LogP contribution in [0.5, 0.6) is 11.5 Å². The lowest BCUT2D eigenvalue weighted by Crippen LogP contribution is -2.62. The molecule has 0 saturated carbocycles. The first kappa shape index (κ1) is 27.2. The molecule has 2 aromatic rings. The van der Waals surface area contributed by atoms with E-state index >= 15 is 0 Å². The molecule has 10 heteroatoms. The topological polar surface area (TPSA) is 103 Å². The Morgan fingerprint density at radius 2 is 1.89 bits per heavy atom. The second kappa shape index (κ2) is 11.3. The standard InChI is InChI=1S/C27H35BrN4O5/c1-17-12-18(2)16-31(15-17)11-5-10-29-25(33)27(35)21-13-19(28)6-8-22(21)30-26(34)32(27)23-9-7-20(36-3)14-24(23)37-4/h6-9,13-14,17-18,35H,5,10-12,15-16H2,1-4H3,(H,29,33)(H,30,34)/t17-,18-,27+/m0/s1. The van der Waals surface area contributed by atoms with Crippen LogP contribution in [0.4, 0.5) is 16.2 Å². The molecule has 200 valence electrons. The van der Waals surface area contributed by atoms with Gasteiger partial charge in [-0.3, -0.25) is 4.79 Å². The minimum atomic E-state index is -2.32. The van der Waals surface area contributed by atoms with E-state index in [1.54, 1.807) is 36.4 Å². The summed E-state index contributed by atoms with van der Waals surface area (Å²) in [6.45, 7) is 7.85. The molecule has 1 fully saturated rings. The van der Waals surface area contributed by atoms with Gasteiger partial charge in [0.2, 0.25) is 0 Å². The zero-order chi connectivity index (χ0) is 26.7. The zero-order valence-corrected chi connectivity index (χ0v) is 23.3. The number of carbonyl (C=O) groups excluding carboxylic acids is 2. The highest BCUT2D eigenvalue weighted by Gasteiger charge is 2.52. The lowest BCUT2D eigenvalue weighted by atomic mass is 9.92. The first-order chi connectivity index (χ1) is 17.7. The molecule has 3 amide bonds. The number of halogens is 1. The van der Waals surface area contributed by atoms with E-state index in [9.17, 15) is 14.7 Å². The number of rotatable bonds is 8. The summed E-state index contributed by atoms with van der Waals surface area (Å²) in [4.78, 5) is 30.5. The molecule has 0 aromatic heterocycles. The van der Waals surface area contributed by atoms with Crippen LogP contribution in [0.15, 0.2) is 40.9 Å². The number of aliphatic hydroxyl groups is 1. The van der Waals surface area contributed by atoms with Gasteiger partial charge in [-0.15, -0.1) is 0 Å². The summed E-state index contributed by atoms with van der Waals surface area (Å²) in [5.41, 5.74) is -1.50. The zero-order valence-electron chi connectivity index (χ0n) is 21.7. The highest BCUT2D eigenvalue weighted by Crippen LogP contribution is 2.44. The third-order valence-corrected chi connectivity index (χ3v) is 7.44. The average Bonchev–Trinajstić information content (AvgIpc) is 2.86. The number of piperidine rings is 1. The number of fused-ring (bicyclic) bond motifs is 1. The molecule has 2 aliphatic heterocycles. The molecule has 3 atom stereocenters. The second-order valence-electron chi connectivity index (χ2n) is 9.98. The molecule has 4 rings (SSSR count). The van der Waals surface area contributed by atoms with Crippen molar-refractivity contribution in [3.63, 3.8) is 0 Å². The van der Waals surface area contributed by atoms with Gasteiger partial charge in [0.25, 0.3) is 11.6 Å². The predicted octanol–water partition coefficient (Wildman–Crippen LogP) is 4.15. The van der Waals surface area contributed by atoms with Crippen molar-refractivity contribution >= 4 is 39.2 Å². The number of hydrogen-bond donors (Lipinski definition) is 3. The van der Waals surface area contributed by atoms with E-state index in [4.69, 9.17) is 9.47 Å². The van der Waals surface area contributed by atoms with Crippen molar-refractivity contribution in [1.82, 2.24) is 10.2 Å². The summed E-state index contributed by atoms with van der Waals surface area (Å²) in [7, 11) is 2.97. The molecule has 2 aliphatic rings. The van der Waals surface area contributed by atoms with Gasteiger partial charge in [-0.1, -0.05) is 29.8 Å². The molecule has 0 aliphatic carbocycles. The van der Waals surface area contributed by atoms with Crippen molar-refractivity contribution < 1.29 is 24.2 Å². The monoisotopic (exact) mass is 574 g/mol. The van der Waals surface area contributed by atoms with Crippen molar-refractivity contribution in [1.29, 1.82) is 0 Å². The predicted molar refractivity (Wildman–Crippen MR) is 146 cm³/mol. The summed E-state index contributed by atoms with van der Waals surface area (Å²) in [5.74, 6) is 1.40. The Labute approximate surface area is 226 Å². The Hall–Kier alpha value is -2.82. The molecule has 37 heavy (non-hydrogen) atoms. The summed E-state index contributed by atoms with van der Waals surface area (Å²) in [5, 5.41) is 17.8. The maximum atomic E-state index is 13.7. The third-order valence-electron chi connectivity index (χ3n) is 6.95. The van der Waals surface area contributed by atoms with Crippen LogP contribution in [0.25, 0.3) is 0 Å². The van der Waals surface area contributed by atoms with Gasteiger partial charge in [-0.05, 0) is 61.6 Å². The van der Waals surface area contributed by atoms with E-state index in [0.29, 0.717) is 34.3 Å². The second-order valence-corrected chi connectivity index (χ2v) is 10.9. The molecule has 0 radical (unpaired) electrons. The van der Waals surface area contributed by atoms with E-state index in [2.05, 4.69) is 45.3 Å². The Bertz CT molecular complexity index is 1150. The Morgan fingerprint density at radius 3 is 2.57 bits per heavy atom. The minimum absolute atomic E-state index is 0.223. The van der Waals surface area contributed by atoms with Crippen LogP contribution in [-0.4, -0.2) is 62.3 Å². The third kappa shape index (κ3) is 5.56. The number of amides is 3. The number of nitrogens with one attached hydrogen (secondary N) is 2. The fourth-order valence-corrected chi connectivity index (χ4v) is 5.79. The molecule has 0 spiro atoms. The van der Waals surface area contributed by atoms with Crippen LogP contribution < -0.4 is 25.0 Å². The first-order valence-corrected chi connectivity index (χ1v) is 13.3. The highest BCUT2D eigenvalue weighted by molar-refractivity contribution is 9.10. The fraction of sp³-hybridized carbons (Fsp3) is 0.481. The number of methoxy groups -OCH3 is 2. The van der Waals surface area contributed by atoms with Crippen LogP contribution >= 0.6 is 15.9 Å². The van der Waals surface area contributed by atoms with E-state index in [-0.39, 0.29) is 17.0 Å². The van der Waals surface area contributed by atoms with Gasteiger partial charge in [-0.25, -0.2) is 9.69 Å². The average molecular weight is 576 g/mol. The normalized spacial score (nSPS) is 23.7. The number of anilines is 2. The molecule has 1 saturated heterocycles. The molecule has 2 aromatic carbocycles. The van der Waals surface area contributed by atoms with E-state index < -0.39 is 17.7 Å². The van der Waals surface area contributed by atoms with Crippen molar-refractivity contribution in [3.05, 3.63) is 46.4 Å². The number of ether oxygens (including phenoxy) is 2. The number of hydrogen-bond acceptors (Lipinski definition) is 6. The largest absolute Gasteiger partial charge is 0.497 e. The van der Waals surface area contributed by atoms with Crippen LogP contribution in [0.3, 0.4) is 0 Å². The smallest absolute Gasteiger partial charge is 0.329 e. The van der Waals surface area contributed by atoms with Gasteiger partial charge in [0.15, 0.2) is 0 Å². The summed E-state index contributed by atoms with van der Waals surface area (Å²) < 4.78 is 11.4. The molecule has 0 bridgehead atoms. The SMILES string of the molecule is COc1ccc(N2C(=O)Nc3ccc(Br)cc3[C@@]2(O)C(=O)NCCCN2C[C@@H](C)C[C@H](C)C2)c(OC)c1. The number of nitrogens with zero attached hydrogens (tertiary/aromatic N) is 2.